The smallest absolute Gasteiger partial charge is 0.193 e. The van der Waals surface area contributed by atoms with E-state index in [4.69, 9.17) is 11.6 Å². The van der Waals surface area contributed by atoms with Crippen molar-refractivity contribution in [2.75, 3.05) is 26.7 Å². The third kappa shape index (κ3) is 5.01. The highest BCUT2D eigenvalue weighted by molar-refractivity contribution is 6.31. The summed E-state index contributed by atoms with van der Waals surface area (Å²) in [6.07, 6.45) is 8.40. The number of halogens is 1. The van der Waals surface area contributed by atoms with E-state index >= 15 is 0 Å². The van der Waals surface area contributed by atoms with Crippen LogP contribution in [0, 0.1) is 5.92 Å². The largest absolute Gasteiger partial charge is 0.356 e. The predicted octanol–water partition coefficient (Wildman–Crippen LogP) is 3.15. The molecule has 1 unspecified atom stereocenters. The molecule has 1 aromatic carbocycles. The van der Waals surface area contributed by atoms with Crippen molar-refractivity contribution in [1.82, 2.24) is 20.0 Å². The van der Waals surface area contributed by atoms with Crippen LogP contribution in [0.4, 0.5) is 0 Å². The van der Waals surface area contributed by atoms with Crippen molar-refractivity contribution in [1.29, 1.82) is 0 Å². The number of benzene rings is 1. The molecule has 140 valence electrons. The zero-order chi connectivity index (χ0) is 18.4. The highest BCUT2D eigenvalue weighted by Crippen LogP contribution is 2.21. The number of rotatable bonds is 6. The molecular weight excluding hydrogens is 346 g/mol. The molecule has 0 spiro atoms. The second-order valence-corrected chi connectivity index (χ2v) is 7.40. The van der Waals surface area contributed by atoms with E-state index in [-0.39, 0.29) is 0 Å². The Labute approximate surface area is 161 Å². The summed E-state index contributed by atoms with van der Waals surface area (Å²) < 4.78 is 1.88. The SMILES string of the molecule is CN=C(NCCCc1ccccc1Cl)N1CCC(Cc2cnn(C)c2)C1. The summed E-state index contributed by atoms with van der Waals surface area (Å²) in [4.78, 5) is 6.84. The van der Waals surface area contributed by atoms with Gasteiger partial charge in [-0.05, 0) is 48.8 Å². The Bertz CT molecular complexity index is 739. The fourth-order valence-corrected chi connectivity index (χ4v) is 3.84. The van der Waals surface area contributed by atoms with Gasteiger partial charge < -0.3 is 10.2 Å². The first-order valence-electron chi connectivity index (χ1n) is 9.32. The van der Waals surface area contributed by atoms with E-state index < -0.39 is 0 Å². The van der Waals surface area contributed by atoms with E-state index in [1.807, 2.05) is 43.2 Å². The van der Waals surface area contributed by atoms with Gasteiger partial charge in [-0.15, -0.1) is 0 Å². The molecule has 0 saturated carbocycles. The second kappa shape index (κ2) is 9.08. The number of aryl methyl sites for hydroxylation is 2. The lowest BCUT2D eigenvalue weighted by Crippen LogP contribution is -2.40. The highest BCUT2D eigenvalue weighted by Gasteiger charge is 2.25. The van der Waals surface area contributed by atoms with Crippen molar-refractivity contribution in [2.45, 2.75) is 25.7 Å². The Morgan fingerprint density at radius 3 is 2.96 bits per heavy atom. The molecule has 2 heterocycles. The number of guanidine groups is 1. The van der Waals surface area contributed by atoms with Crippen LogP contribution < -0.4 is 5.32 Å². The van der Waals surface area contributed by atoms with Crippen molar-refractivity contribution >= 4 is 17.6 Å². The van der Waals surface area contributed by atoms with Gasteiger partial charge in [0.1, 0.15) is 0 Å². The number of aromatic nitrogens is 2. The van der Waals surface area contributed by atoms with Crippen molar-refractivity contribution < 1.29 is 0 Å². The molecule has 6 heteroatoms. The Hall–Kier alpha value is -2.01. The first-order chi connectivity index (χ1) is 12.7. The summed E-state index contributed by atoms with van der Waals surface area (Å²) in [5.74, 6) is 1.68. The molecule has 1 aliphatic rings. The maximum absolute atomic E-state index is 6.22. The van der Waals surface area contributed by atoms with Gasteiger partial charge in [0, 0.05) is 44.9 Å². The molecule has 2 aromatic rings. The fourth-order valence-electron chi connectivity index (χ4n) is 3.61. The lowest BCUT2D eigenvalue weighted by atomic mass is 10.0. The zero-order valence-corrected chi connectivity index (χ0v) is 16.4. The van der Waals surface area contributed by atoms with Crippen LogP contribution in [0.2, 0.25) is 5.02 Å². The molecule has 1 atom stereocenters. The lowest BCUT2D eigenvalue weighted by Gasteiger charge is -2.21. The Balaban J connectivity index is 1.42. The van der Waals surface area contributed by atoms with Crippen LogP contribution in [0.1, 0.15) is 24.0 Å². The van der Waals surface area contributed by atoms with E-state index in [0.717, 1.165) is 49.9 Å². The average Bonchev–Trinajstić information content (AvgIpc) is 3.26. The van der Waals surface area contributed by atoms with E-state index in [1.54, 1.807) is 0 Å². The normalized spacial score (nSPS) is 17.7. The number of hydrogen-bond acceptors (Lipinski definition) is 2. The number of nitrogens with zero attached hydrogens (tertiary/aromatic N) is 4. The molecule has 0 radical (unpaired) electrons. The summed E-state index contributed by atoms with van der Waals surface area (Å²) in [7, 11) is 3.84. The van der Waals surface area contributed by atoms with Crippen molar-refractivity contribution in [3.63, 3.8) is 0 Å². The van der Waals surface area contributed by atoms with Gasteiger partial charge in [-0.2, -0.15) is 5.10 Å². The van der Waals surface area contributed by atoms with E-state index in [1.165, 1.54) is 17.5 Å². The fraction of sp³-hybridized carbons (Fsp3) is 0.500. The third-order valence-corrected chi connectivity index (χ3v) is 5.31. The van der Waals surface area contributed by atoms with Crippen molar-refractivity contribution in [3.8, 4) is 0 Å². The topological polar surface area (TPSA) is 45.5 Å². The Kier molecular flexibility index (Phi) is 6.56. The molecule has 1 fully saturated rings. The first-order valence-corrected chi connectivity index (χ1v) is 9.70. The monoisotopic (exact) mass is 373 g/mol. The molecule has 1 N–H and O–H groups in total. The predicted molar refractivity (Wildman–Crippen MR) is 108 cm³/mol. The van der Waals surface area contributed by atoms with E-state index in [0.29, 0.717) is 5.92 Å². The van der Waals surface area contributed by atoms with Gasteiger partial charge in [0.15, 0.2) is 5.96 Å². The van der Waals surface area contributed by atoms with Gasteiger partial charge in [0.05, 0.1) is 6.20 Å². The van der Waals surface area contributed by atoms with Crippen LogP contribution in [0.25, 0.3) is 0 Å². The minimum Gasteiger partial charge on any atom is -0.356 e. The van der Waals surface area contributed by atoms with E-state index in [2.05, 4.69) is 32.6 Å². The van der Waals surface area contributed by atoms with Gasteiger partial charge in [-0.3, -0.25) is 9.67 Å². The third-order valence-electron chi connectivity index (χ3n) is 4.94. The molecule has 3 rings (SSSR count). The summed E-state index contributed by atoms with van der Waals surface area (Å²) in [5, 5.41) is 8.63. The molecule has 1 aromatic heterocycles. The maximum Gasteiger partial charge on any atom is 0.193 e. The van der Waals surface area contributed by atoms with Crippen molar-refractivity contribution in [2.24, 2.45) is 18.0 Å². The van der Waals surface area contributed by atoms with Crippen LogP contribution >= 0.6 is 11.6 Å². The van der Waals surface area contributed by atoms with Gasteiger partial charge in [0.25, 0.3) is 0 Å². The standard InChI is InChI=1S/C20H28ClN5/c1-22-20(23-10-5-7-18-6-3-4-8-19(18)21)26-11-9-16(15-26)12-17-13-24-25(2)14-17/h3-4,6,8,13-14,16H,5,7,9-12,15H2,1-2H3,(H,22,23). The van der Waals surface area contributed by atoms with E-state index in [9.17, 15) is 0 Å². The Morgan fingerprint density at radius 1 is 1.38 bits per heavy atom. The minimum atomic E-state index is 0.667. The number of aliphatic imine (C=N–C) groups is 1. The summed E-state index contributed by atoms with van der Waals surface area (Å²) >= 11 is 6.22. The summed E-state index contributed by atoms with van der Waals surface area (Å²) in [5.41, 5.74) is 2.53. The molecule has 0 aliphatic carbocycles. The molecule has 0 bridgehead atoms. The van der Waals surface area contributed by atoms with Gasteiger partial charge in [-0.1, -0.05) is 29.8 Å². The van der Waals surface area contributed by atoms with Crippen LogP contribution in [0.15, 0.2) is 41.7 Å². The quantitative estimate of drug-likeness (QED) is 0.480. The first kappa shape index (κ1) is 18.8. The Morgan fingerprint density at radius 2 is 2.23 bits per heavy atom. The summed E-state index contributed by atoms with van der Waals surface area (Å²) in [6.45, 7) is 3.02. The summed E-state index contributed by atoms with van der Waals surface area (Å²) in [6, 6.07) is 8.07. The number of nitrogens with one attached hydrogen (secondary N) is 1. The zero-order valence-electron chi connectivity index (χ0n) is 15.7. The van der Waals surface area contributed by atoms with Gasteiger partial charge >= 0.3 is 0 Å². The molecule has 5 nitrogen and oxygen atoms in total. The van der Waals surface area contributed by atoms with Gasteiger partial charge in [-0.25, -0.2) is 0 Å². The van der Waals surface area contributed by atoms with Crippen LogP contribution in [0.5, 0.6) is 0 Å². The average molecular weight is 374 g/mol. The van der Waals surface area contributed by atoms with Crippen LogP contribution in [-0.2, 0) is 19.9 Å². The highest BCUT2D eigenvalue weighted by atomic mass is 35.5. The van der Waals surface area contributed by atoms with Crippen molar-refractivity contribution in [3.05, 3.63) is 52.8 Å². The minimum absolute atomic E-state index is 0.667. The molecule has 0 amide bonds. The molecule has 1 aliphatic heterocycles. The lowest BCUT2D eigenvalue weighted by molar-refractivity contribution is 0.459. The van der Waals surface area contributed by atoms with Crippen LogP contribution in [0.3, 0.4) is 0 Å². The molecule has 26 heavy (non-hydrogen) atoms. The molecule has 1 saturated heterocycles. The van der Waals surface area contributed by atoms with Gasteiger partial charge in [0.2, 0.25) is 0 Å². The number of hydrogen-bond donors (Lipinski definition) is 1. The maximum atomic E-state index is 6.22. The number of likely N-dealkylation sites (tertiary alicyclic amines) is 1. The second-order valence-electron chi connectivity index (χ2n) is 7.00. The van der Waals surface area contributed by atoms with Crippen LogP contribution in [-0.4, -0.2) is 47.3 Å². The molecular formula is C20H28ClN5.